The number of nitrogens with one attached hydrogen (secondary N) is 2. The van der Waals surface area contributed by atoms with Crippen molar-refractivity contribution in [1.82, 2.24) is 30.2 Å². The highest BCUT2D eigenvalue weighted by Gasteiger charge is 2.35. The fraction of sp³-hybridized carbons (Fsp3) is 0.409. The molecule has 11 nitrogen and oxygen atoms in total. The molecule has 0 bridgehead atoms. The van der Waals surface area contributed by atoms with Gasteiger partial charge >= 0.3 is 0 Å². The van der Waals surface area contributed by atoms with Gasteiger partial charge in [0.05, 0.1) is 46.6 Å². The maximum absolute atomic E-state index is 13.1. The first-order valence-corrected chi connectivity index (χ1v) is 13.5. The number of carbonyl (C=O) groups excluding carboxylic acids is 1. The Balaban J connectivity index is 1.51. The van der Waals surface area contributed by atoms with Crippen molar-refractivity contribution in [2.75, 3.05) is 32.0 Å². The van der Waals surface area contributed by atoms with Gasteiger partial charge in [-0.3, -0.25) is 19.5 Å². The van der Waals surface area contributed by atoms with Gasteiger partial charge in [-0.2, -0.15) is 0 Å². The van der Waals surface area contributed by atoms with Crippen molar-refractivity contribution in [1.29, 1.82) is 0 Å². The molecule has 1 aliphatic rings. The minimum Gasteiger partial charge on any atom is -0.477 e. The molecule has 2 N–H and O–H groups in total. The van der Waals surface area contributed by atoms with Gasteiger partial charge < -0.3 is 15.0 Å². The van der Waals surface area contributed by atoms with E-state index in [1.54, 1.807) is 24.5 Å². The predicted octanol–water partition coefficient (Wildman–Crippen LogP) is 2.33. The molecule has 0 unspecified atom stereocenters. The van der Waals surface area contributed by atoms with Crippen molar-refractivity contribution in [3.05, 3.63) is 47.6 Å². The summed E-state index contributed by atoms with van der Waals surface area (Å²) < 4.78 is 32.7. The van der Waals surface area contributed by atoms with Gasteiger partial charge in [0.2, 0.25) is 15.9 Å². The number of anilines is 1. The molecule has 3 heterocycles. The zero-order valence-corrected chi connectivity index (χ0v) is 21.3. The fourth-order valence-corrected chi connectivity index (χ4v) is 5.46. The first-order chi connectivity index (χ1) is 16.7. The van der Waals surface area contributed by atoms with E-state index in [1.165, 1.54) is 23.7 Å². The van der Waals surface area contributed by atoms with Crippen molar-refractivity contribution in [3.63, 3.8) is 0 Å². The lowest BCUT2D eigenvalue weighted by Gasteiger charge is -2.22. The van der Waals surface area contributed by atoms with Crippen molar-refractivity contribution in [2.24, 2.45) is 0 Å². The summed E-state index contributed by atoms with van der Waals surface area (Å²) in [7, 11) is 0.353. The Morgan fingerprint density at radius 1 is 1.26 bits per heavy atom. The SMILES string of the molecule is CCOc1cncc(-c2cnc(C(=O)N[C@@H](CN(C)C)c3cc(NS(=O)(=O)C4CC4)ccn3)s2)n1. The molecule has 4 rings (SSSR count). The maximum atomic E-state index is 13.1. The molecule has 0 radical (unpaired) electrons. The number of sulfonamides is 1. The van der Waals surface area contributed by atoms with Crippen LogP contribution in [0.3, 0.4) is 0 Å². The van der Waals surface area contributed by atoms with E-state index in [0.717, 1.165) is 0 Å². The zero-order chi connectivity index (χ0) is 25.0. The van der Waals surface area contributed by atoms with Gasteiger partial charge in [0.15, 0.2) is 5.01 Å². The number of ether oxygens (including phenoxy) is 1. The number of carbonyl (C=O) groups is 1. The Morgan fingerprint density at radius 2 is 2.06 bits per heavy atom. The molecule has 0 aliphatic heterocycles. The van der Waals surface area contributed by atoms with Crippen LogP contribution in [0.15, 0.2) is 36.9 Å². The topological polar surface area (TPSA) is 139 Å². The largest absolute Gasteiger partial charge is 0.477 e. The van der Waals surface area contributed by atoms with Crippen LogP contribution >= 0.6 is 11.3 Å². The number of pyridine rings is 1. The van der Waals surface area contributed by atoms with Crippen LogP contribution < -0.4 is 14.8 Å². The van der Waals surface area contributed by atoms with E-state index in [4.69, 9.17) is 4.74 Å². The van der Waals surface area contributed by atoms with Gasteiger partial charge in [0, 0.05) is 18.9 Å². The first kappa shape index (κ1) is 24.9. The molecule has 0 spiro atoms. The van der Waals surface area contributed by atoms with Crippen LogP contribution in [-0.4, -0.2) is 71.7 Å². The summed E-state index contributed by atoms with van der Waals surface area (Å²) in [6.07, 6.45) is 7.56. The summed E-state index contributed by atoms with van der Waals surface area (Å²) in [5.41, 5.74) is 1.52. The second-order valence-electron chi connectivity index (χ2n) is 8.31. The highest BCUT2D eigenvalue weighted by Crippen LogP contribution is 2.30. The highest BCUT2D eigenvalue weighted by atomic mass is 32.2. The summed E-state index contributed by atoms with van der Waals surface area (Å²) in [6.45, 7) is 2.79. The quantitative estimate of drug-likeness (QED) is 0.392. The molecule has 0 aromatic carbocycles. The van der Waals surface area contributed by atoms with Crippen molar-refractivity contribution in [2.45, 2.75) is 31.1 Å². The van der Waals surface area contributed by atoms with E-state index < -0.39 is 16.1 Å². The second kappa shape index (κ2) is 10.6. The predicted molar refractivity (Wildman–Crippen MR) is 133 cm³/mol. The lowest BCUT2D eigenvalue weighted by molar-refractivity contribution is 0.0928. The van der Waals surface area contributed by atoms with E-state index in [2.05, 4.69) is 30.0 Å². The van der Waals surface area contributed by atoms with Crippen LogP contribution in [0.4, 0.5) is 5.69 Å². The molecule has 3 aromatic heterocycles. The second-order valence-corrected chi connectivity index (χ2v) is 11.3. The van der Waals surface area contributed by atoms with Crippen LogP contribution in [-0.2, 0) is 10.0 Å². The molecule has 0 saturated heterocycles. The van der Waals surface area contributed by atoms with Crippen LogP contribution in [0.1, 0.15) is 41.3 Å². The van der Waals surface area contributed by atoms with Gasteiger partial charge in [-0.1, -0.05) is 0 Å². The number of thiazole rings is 1. The van der Waals surface area contributed by atoms with Gasteiger partial charge in [-0.25, -0.2) is 18.4 Å². The van der Waals surface area contributed by atoms with E-state index in [-0.39, 0.29) is 16.2 Å². The lowest BCUT2D eigenvalue weighted by Crippen LogP contribution is -2.35. The standard InChI is InChI=1S/C22H27N7O4S2/c1-4-33-20-12-23-10-17(26-20)19-11-25-22(34-19)21(30)27-18(13-29(2)3)16-9-14(7-8-24-16)28-35(31,32)15-5-6-15/h7-12,15,18H,4-6,13H2,1-3H3,(H,24,28)(H,27,30)/t18-/m0/s1. The van der Waals surface area contributed by atoms with Gasteiger partial charge in [0.25, 0.3) is 5.91 Å². The summed E-state index contributed by atoms with van der Waals surface area (Å²) in [5.74, 6) is 0.0338. The van der Waals surface area contributed by atoms with Crippen LogP contribution in [0.2, 0.25) is 0 Å². The lowest BCUT2D eigenvalue weighted by atomic mass is 10.1. The first-order valence-electron chi connectivity index (χ1n) is 11.1. The normalized spacial score (nSPS) is 14.5. The number of aromatic nitrogens is 4. The number of amides is 1. The molecular formula is C22H27N7O4S2. The smallest absolute Gasteiger partial charge is 0.280 e. The van der Waals surface area contributed by atoms with E-state index in [0.29, 0.717) is 53.8 Å². The van der Waals surface area contributed by atoms with Crippen LogP contribution in [0.25, 0.3) is 10.6 Å². The van der Waals surface area contributed by atoms with E-state index >= 15 is 0 Å². The molecular weight excluding hydrogens is 490 g/mol. The third-order valence-corrected chi connectivity index (χ3v) is 7.96. The molecule has 35 heavy (non-hydrogen) atoms. The van der Waals surface area contributed by atoms with Crippen LogP contribution in [0, 0.1) is 0 Å². The maximum Gasteiger partial charge on any atom is 0.280 e. The van der Waals surface area contributed by atoms with Gasteiger partial charge in [0.1, 0.15) is 5.69 Å². The van der Waals surface area contributed by atoms with Gasteiger partial charge in [-0.15, -0.1) is 11.3 Å². The number of nitrogens with zero attached hydrogens (tertiary/aromatic N) is 5. The molecule has 1 amide bonds. The minimum atomic E-state index is -3.41. The summed E-state index contributed by atoms with van der Waals surface area (Å²) in [4.78, 5) is 32.8. The summed E-state index contributed by atoms with van der Waals surface area (Å²) in [5, 5.41) is 2.89. The summed E-state index contributed by atoms with van der Waals surface area (Å²) >= 11 is 1.19. The zero-order valence-electron chi connectivity index (χ0n) is 19.6. The van der Waals surface area contributed by atoms with E-state index in [9.17, 15) is 13.2 Å². The molecule has 3 aromatic rings. The minimum absolute atomic E-state index is 0.262. The third-order valence-electron chi connectivity index (χ3n) is 5.07. The Bertz CT molecular complexity index is 1290. The number of hydrogen-bond acceptors (Lipinski definition) is 10. The molecule has 1 atom stereocenters. The number of likely N-dealkylation sites (N-methyl/N-ethyl adjacent to an activating group) is 1. The molecule has 186 valence electrons. The monoisotopic (exact) mass is 517 g/mol. The molecule has 1 fully saturated rings. The fourth-order valence-electron chi connectivity index (χ4n) is 3.31. The molecule has 13 heteroatoms. The van der Waals surface area contributed by atoms with Gasteiger partial charge in [-0.05, 0) is 46.0 Å². The van der Waals surface area contributed by atoms with Crippen LogP contribution in [0.5, 0.6) is 5.88 Å². The van der Waals surface area contributed by atoms with Crippen molar-refractivity contribution < 1.29 is 17.9 Å². The van der Waals surface area contributed by atoms with Crippen molar-refractivity contribution in [3.8, 4) is 16.5 Å². The third kappa shape index (κ3) is 6.50. The van der Waals surface area contributed by atoms with Crippen molar-refractivity contribution >= 4 is 33.0 Å². The Labute approximate surface area is 208 Å². The average Bonchev–Trinajstić information content (AvgIpc) is 3.57. The Kier molecular flexibility index (Phi) is 7.57. The Hall–Kier alpha value is -3.16. The number of rotatable bonds is 11. The summed E-state index contributed by atoms with van der Waals surface area (Å²) in [6, 6.07) is 2.76. The average molecular weight is 518 g/mol. The molecule has 1 aliphatic carbocycles. The van der Waals surface area contributed by atoms with E-state index in [1.807, 2.05) is 25.9 Å². The molecule has 1 saturated carbocycles. The number of hydrogen-bond donors (Lipinski definition) is 2. The highest BCUT2D eigenvalue weighted by molar-refractivity contribution is 7.93. The Morgan fingerprint density at radius 3 is 2.77 bits per heavy atom.